The largest absolute Gasteiger partial charge is 0.455 e. The third-order valence-electron chi connectivity index (χ3n) is 8.01. The van der Waals surface area contributed by atoms with E-state index >= 15 is 0 Å². The predicted octanol–water partition coefficient (Wildman–Crippen LogP) is 5.16. The van der Waals surface area contributed by atoms with Crippen molar-refractivity contribution in [3.63, 3.8) is 0 Å². The first-order chi connectivity index (χ1) is 21.6. The van der Waals surface area contributed by atoms with Gasteiger partial charge >= 0.3 is 18.0 Å². The molecule has 246 valence electrons. The molecule has 0 bridgehead atoms. The molecular weight excluding hydrogens is 623 g/mol. The molecule has 0 saturated carbocycles. The number of rotatable bonds is 8. The summed E-state index contributed by atoms with van der Waals surface area (Å²) < 4.78 is 102. The molecule has 0 amide bonds. The van der Waals surface area contributed by atoms with Crippen LogP contribution in [-0.2, 0) is 32.0 Å². The number of benzene rings is 2. The number of aromatic nitrogens is 2. The maximum absolute atomic E-state index is 14.9. The molecule has 2 N–H and O–H groups in total. The Labute approximate surface area is 258 Å². The summed E-state index contributed by atoms with van der Waals surface area (Å²) in [5.41, 5.74) is 3.33. The molecule has 0 spiro atoms. The highest BCUT2D eigenvalue weighted by Gasteiger charge is 2.36. The van der Waals surface area contributed by atoms with E-state index in [0.717, 1.165) is 33.4 Å². The van der Waals surface area contributed by atoms with Crippen molar-refractivity contribution in [1.82, 2.24) is 14.0 Å². The van der Waals surface area contributed by atoms with E-state index in [4.69, 9.17) is 10.2 Å². The molecule has 46 heavy (non-hydrogen) atoms. The molecule has 0 aliphatic carbocycles. The lowest BCUT2D eigenvalue weighted by Gasteiger charge is -2.36. The summed E-state index contributed by atoms with van der Waals surface area (Å²) in [7, 11) is 0. The first-order valence-electron chi connectivity index (χ1n) is 14.3. The van der Waals surface area contributed by atoms with Crippen LogP contribution in [0.15, 0.2) is 74.7 Å². The lowest BCUT2D eigenvalue weighted by molar-refractivity contribution is -0.153. The molecule has 0 radical (unpaired) electrons. The van der Waals surface area contributed by atoms with Gasteiger partial charge in [0.1, 0.15) is 17.3 Å². The van der Waals surface area contributed by atoms with Gasteiger partial charge in [0.15, 0.2) is 0 Å². The van der Waals surface area contributed by atoms with Gasteiger partial charge in [-0.3, -0.25) is 18.8 Å². The molecule has 2 aromatic carbocycles. The highest BCUT2D eigenvalue weighted by Crippen LogP contribution is 2.34. The van der Waals surface area contributed by atoms with Crippen LogP contribution in [0.3, 0.4) is 0 Å². The highest BCUT2D eigenvalue weighted by atomic mass is 19.4. The average molecular weight is 654 g/mol. The summed E-state index contributed by atoms with van der Waals surface area (Å²) >= 11 is 0. The van der Waals surface area contributed by atoms with Crippen molar-refractivity contribution < 1.29 is 35.2 Å². The molecule has 2 aromatic heterocycles. The van der Waals surface area contributed by atoms with Crippen LogP contribution in [0, 0.1) is 12.7 Å². The van der Waals surface area contributed by atoms with E-state index in [1.54, 1.807) is 35.2 Å². The summed E-state index contributed by atoms with van der Waals surface area (Å²) in [5, 5.41) is 0. The van der Waals surface area contributed by atoms with Crippen molar-refractivity contribution in [3.8, 4) is 0 Å². The van der Waals surface area contributed by atoms with Crippen molar-refractivity contribution >= 4 is 5.69 Å². The number of nitrogens with zero attached hydrogens (tertiary/aromatic N) is 4. The second-order valence-electron chi connectivity index (χ2n) is 11.0. The minimum absolute atomic E-state index is 0.0294. The zero-order valence-electron chi connectivity index (χ0n) is 24.5. The van der Waals surface area contributed by atoms with E-state index in [2.05, 4.69) is 0 Å². The minimum atomic E-state index is -4.91. The molecule has 1 aliphatic rings. The second-order valence-corrected chi connectivity index (χ2v) is 11.0. The number of hydrogen-bond acceptors (Lipinski definition) is 6. The van der Waals surface area contributed by atoms with E-state index in [-0.39, 0.29) is 56.4 Å². The number of nitrogens with two attached hydrogens (primary N) is 1. The molecular formula is C31H30F7N5O3. The highest BCUT2D eigenvalue weighted by molar-refractivity contribution is 5.50. The lowest BCUT2D eigenvalue weighted by Crippen LogP contribution is -2.51. The number of piperazine rings is 1. The molecule has 1 atom stereocenters. The van der Waals surface area contributed by atoms with Crippen LogP contribution in [0.1, 0.15) is 39.9 Å². The molecule has 15 heteroatoms. The first kappa shape index (κ1) is 33.0. The quantitative estimate of drug-likeness (QED) is 0.265. The SMILES string of the molecule is Cc1c(N2CCN(Cc3ccc(C(F)(F)F)o3)CC2)c(=O)n(CC(N)c2ccccc2)c(=O)n1Cc1c(F)cccc1C(F)(F)F. The fraction of sp³-hybridized carbons (Fsp3) is 0.355. The standard InChI is InChI=1S/C31H30F7N5O3/c1-19-27(41-14-12-40(13-15-41)16-21-10-11-26(46-21)31(36,37)38)28(44)43(18-25(39)20-6-3-2-4-7-20)29(45)42(19)17-22-23(30(33,34)35)8-5-9-24(22)32/h2-11,25H,12-18,39H2,1H3. The lowest BCUT2D eigenvalue weighted by atomic mass is 10.1. The summed E-state index contributed by atoms with van der Waals surface area (Å²) in [6.07, 6.45) is -9.53. The molecule has 1 aliphatic heterocycles. The van der Waals surface area contributed by atoms with E-state index in [1.807, 2.05) is 4.90 Å². The van der Waals surface area contributed by atoms with Gasteiger partial charge in [-0.15, -0.1) is 0 Å². The van der Waals surface area contributed by atoms with Crippen LogP contribution in [0.4, 0.5) is 36.4 Å². The Morgan fingerprint density at radius 3 is 2.11 bits per heavy atom. The smallest absolute Gasteiger partial charge is 0.449 e. The van der Waals surface area contributed by atoms with Gasteiger partial charge in [0.05, 0.1) is 25.2 Å². The normalized spacial score (nSPS) is 15.4. The molecule has 5 rings (SSSR count). The maximum atomic E-state index is 14.9. The van der Waals surface area contributed by atoms with E-state index < -0.39 is 58.9 Å². The monoisotopic (exact) mass is 653 g/mol. The Bertz CT molecular complexity index is 1800. The number of alkyl halides is 6. The van der Waals surface area contributed by atoms with Gasteiger partial charge in [-0.05, 0) is 36.8 Å². The molecule has 1 unspecified atom stereocenters. The molecule has 1 saturated heterocycles. The fourth-order valence-corrected chi connectivity index (χ4v) is 5.61. The van der Waals surface area contributed by atoms with Crippen LogP contribution >= 0.6 is 0 Å². The number of hydrogen-bond donors (Lipinski definition) is 1. The van der Waals surface area contributed by atoms with Crippen LogP contribution in [-0.4, -0.2) is 40.2 Å². The summed E-state index contributed by atoms with van der Waals surface area (Å²) in [5.74, 6) is -2.17. The molecule has 8 nitrogen and oxygen atoms in total. The Balaban J connectivity index is 1.50. The van der Waals surface area contributed by atoms with Gasteiger partial charge < -0.3 is 15.1 Å². The Kier molecular flexibility index (Phi) is 9.18. The van der Waals surface area contributed by atoms with E-state index in [1.165, 1.54) is 13.0 Å². The summed E-state index contributed by atoms with van der Waals surface area (Å²) in [4.78, 5) is 31.1. The Morgan fingerprint density at radius 2 is 1.50 bits per heavy atom. The van der Waals surface area contributed by atoms with Crippen molar-refractivity contribution in [2.24, 2.45) is 5.73 Å². The zero-order valence-corrected chi connectivity index (χ0v) is 24.5. The van der Waals surface area contributed by atoms with Crippen molar-refractivity contribution in [2.75, 3.05) is 31.1 Å². The second kappa shape index (κ2) is 12.8. The van der Waals surface area contributed by atoms with Crippen molar-refractivity contribution in [3.05, 3.63) is 121 Å². The zero-order chi connectivity index (χ0) is 33.4. The number of anilines is 1. The van der Waals surface area contributed by atoms with Gasteiger partial charge in [0, 0.05) is 43.5 Å². The van der Waals surface area contributed by atoms with Crippen molar-refractivity contribution in [2.45, 2.75) is 45.0 Å². The van der Waals surface area contributed by atoms with E-state index in [0.29, 0.717) is 5.56 Å². The van der Waals surface area contributed by atoms with E-state index in [9.17, 15) is 40.3 Å². The van der Waals surface area contributed by atoms with Gasteiger partial charge in [-0.2, -0.15) is 26.3 Å². The predicted molar refractivity (Wildman–Crippen MR) is 155 cm³/mol. The Morgan fingerprint density at radius 1 is 0.826 bits per heavy atom. The first-order valence-corrected chi connectivity index (χ1v) is 14.3. The third kappa shape index (κ3) is 6.89. The van der Waals surface area contributed by atoms with Crippen LogP contribution in [0.2, 0.25) is 0 Å². The molecule has 1 fully saturated rings. The minimum Gasteiger partial charge on any atom is -0.455 e. The van der Waals surface area contributed by atoms with Crippen LogP contribution < -0.4 is 21.9 Å². The summed E-state index contributed by atoms with van der Waals surface area (Å²) in [6, 6.07) is 12.4. The topological polar surface area (TPSA) is 89.6 Å². The van der Waals surface area contributed by atoms with Crippen molar-refractivity contribution in [1.29, 1.82) is 0 Å². The third-order valence-corrected chi connectivity index (χ3v) is 8.01. The van der Waals surface area contributed by atoms with Gasteiger partial charge in [-0.25, -0.2) is 9.18 Å². The maximum Gasteiger partial charge on any atom is 0.449 e. The van der Waals surface area contributed by atoms with Gasteiger partial charge in [0.2, 0.25) is 5.76 Å². The summed E-state index contributed by atoms with van der Waals surface area (Å²) in [6.45, 7) is 1.33. The van der Waals surface area contributed by atoms with Crippen LogP contribution in [0.5, 0.6) is 0 Å². The molecule has 3 heterocycles. The number of halogens is 7. The van der Waals surface area contributed by atoms with Gasteiger partial charge in [0.25, 0.3) is 5.56 Å². The van der Waals surface area contributed by atoms with Crippen LogP contribution in [0.25, 0.3) is 0 Å². The number of furan rings is 1. The molecule has 4 aromatic rings. The van der Waals surface area contributed by atoms with Gasteiger partial charge in [-0.1, -0.05) is 36.4 Å². The average Bonchev–Trinajstić information content (AvgIpc) is 3.48. The fourth-order valence-electron chi connectivity index (χ4n) is 5.61. The Hall–Kier alpha value is -4.37.